The number of nitrogens with zero attached hydrogens (tertiary/aromatic N) is 6. The van der Waals surface area contributed by atoms with Gasteiger partial charge in [-0.2, -0.15) is 5.10 Å². The largest absolute Gasteiger partial charge is 0.292 e. The van der Waals surface area contributed by atoms with Crippen molar-refractivity contribution in [2.24, 2.45) is 7.05 Å². The summed E-state index contributed by atoms with van der Waals surface area (Å²) < 4.78 is 15.2. The van der Waals surface area contributed by atoms with Crippen molar-refractivity contribution in [3.8, 4) is 0 Å². The van der Waals surface area contributed by atoms with E-state index in [2.05, 4.69) is 16.2 Å². The fraction of sp³-hybridized carbons (Fsp3) is 0.440. The van der Waals surface area contributed by atoms with Crippen LogP contribution in [0.2, 0.25) is 0 Å². The van der Waals surface area contributed by atoms with Crippen LogP contribution in [-0.2, 0) is 31.4 Å². The highest BCUT2D eigenvalue weighted by atomic mass is 19.1. The molecule has 172 valence electrons. The number of rotatable bonds is 5. The van der Waals surface area contributed by atoms with Crippen LogP contribution >= 0.6 is 0 Å². The fourth-order valence-corrected chi connectivity index (χ4v) is 5.02. The van der Waals surface area contributed by atoms with Gasteiger partial charge < -0.3 is 0 Å². The Morgan fingerprint density at radius 3 is 2.58 bits per heavy atom. The molecule has 0 unspecified atom stereocenters. The van der Waals surface area contributed by atoms with E-state index in [-0.39, 0.29) is 17.8 Å². The molecule has 1 atom stereocenters. The summed E-state index contributed by atoms with van der Waals surface area (Å²) in [6.45, 7) is 6.23. The molecule has 1 saturated heterocycles. The van der Waals surface area contributed by atoms with E-state index in [0.717, 1.165) is 54.3 Å². The first-order chi connectivity index (χ1) is 15.9. The summed E-state index contributed by atoms with van der Waals surface area (Å²) in [6, 6.07) is 6.41. The summed E-state index contributed by atoms with van der Waals surface area (Å²) in [5.41, 5.74) is 5.11. The summed E-state index contributed by atoms with van der Waals surface area (Å²) in [7, 11) is 1.95. The predicted molar refractivity (Wildman–Crippen MR) is 123 cm³/mol. The zero-order chi connectivity index (χ0) is 23.1. The molecule has 2 aliphatic rings. The first-order valence-corrected chi connectivity index (χ1v) is 11.5. The van der Waals surface area contributed by atoms with Crippen LogP contribution in [-0.4, -0.2) is 37.1 Å². The van der Waals surface area contributed by atoms with E-state index in [0.29, 0.717) is 25.2 Å². The van der Waals surface area contributed by atoms with E-state index < -0.39 is 0 Å². The predicted octanol–water partition coefficient (Wildman–Crippen LogP) is 3.78. The molecule has 3 aromatic rings. The summed E-state index contributed by atoms with van der Waals surface area (Å²) in [5.74, 6) is 1.26. The number of likely N-dealkylation sites (tertiary alicyclic amines) is 1. The standard InChI is InChI=1S/C25H29FN6O/c1-16-19(14-30(3)29-16)15-31-12-4-5-22(31)24-27-17(2)21-10-11-23(33)32(25(21)28-24)13-18-6-8-20(26)9-7-18/h6-9,14,22H,4-5,10-13,15H2,1-3H3/t22-/m1/s1. The molecule has 2 aromatic heterocycles. The number of benzene rings is 1. The SMILES string of the molecule is Cc1nn(C)cc1CN1CCC[C@@H]1c1nc(C)c2c(n1)N(Cc1ccc(F)cc1)C(=O)CC2. The van der Waals surface area contributed by atoms with Gasteiger partial charge in [0.25, 0.3) is 0 Å². The molecule has 0 saturated carbocycles. The van der Waals surface area contributed by atoms with E-state index in [1.165, 1.54) is 17.7 Å². The number of aryl methyl sites for hydroxylation is 3. The van der Waals surface area contributed by atoms with E-state index >= 15 is 0 Å². The molecule has 7 nitrogen and oxygen atoms in total. The monoisotopic (exact) mass is 448 g/mol. The highest BCUT2D eigenvalue weighted by molar-refractivity contribution is 5.95. The van der Waals surface area contributed by atoms with Crippen molar-refractivity contribution in [1.29, 1.82) is 0 Å². The summed E-state index contributed by atoms with van der Waals surface area (Å²) in [5, 5.41) is 4.48. The van der Waals surface area contributed by atoms with Gasteiger partial charge in [0.2, 0.25) is 5.91 Å². The minimum Gasteiger partial charge on any atom is -0.292 e. The number of hydrogen-bond acceptors (Lipinski definition) is 5. The third kappa shape index (κ3) is 4.27. The first-order valence-electron chi connectivity index (χ1n) is 11.5. The molecule has 0 bridgehead atoms. The summed E-state index contributed by atoms with van der Waals surface area (Å²) in [4.78, 5) is 26.9. The average Bonchev–Trinajstić information content (AvgIpc) is 3.37. The van der Waals surface area contributed by atoms with Gasteiger partial charge in [0, 0.05) is 43.0 Å². The Kier molecular flexibility index (Phi) is 5.70. The lowest BCUT2D eigenvalue weighted by molar-refractivity contribution is -0.119. The van der Waals surface area contributed by atoms with E-state index in [1.807, 2.05) is 25.6 Å². The average molecular weight is 449 g/mol. The van der Waals surface area contributed by atoms with Crippen LogP contribution in [0, 0.1) is 19.7 Å². The topological polar surface area (TPSA) is 67.2 Å². The van der Waals surface area contributed by atoms with Gasteiger partial charge in [0.05, 0.1) is 18.3 Å². The first kappa shape index (κ1) is 21.7. The van der Waals surface area contributed by atoms with Crippen molar-refractivity contribution < 1.29 is 9.18 Å². The second-order valence-electron chi connectivity index (χ2n) is 9.12. The van der Waals surface area contributed by atoms with Crippen LogP contribution in [0.25, 0.3) is 0 Å². The molecule has 0 radical (unpaired) electrons. The van der Waals surface area contributed by atoms with Crippen LogP contribution in [0.5, 0.6) is 0 Å². The van der Waals surface area contributed by atoms with Crippen molar-refractivity contribution >= 4 is 11.7 Å². The zero-order valence-corrected chi connectivity index (χ0v) is 19.4. The second-order valence-corrected chi connectivity index (χ2v) is 9.12. The lowest BCUT2D eigenvalue weighted by atomic mass is 10.0. The number of aromatic nitrogens is 4. The molecule has 4 heterocycles. The van der Waals surface area contributed by atoms with Gasteiger partial charge in [-0.1, -0.05) is 12.1 Å². The number of fused-ring (bicyclic) bond motifs is 1. The van der Waals surface area contributed by atoms with E-state index in [1.54, 1.807) is 17.0 Å². The maximum absolute atomic E-state index is 13.4. The Morgan fingerprint density at radius 1 is 1.06 bits per heavy atom. The maximum atomic E-state index is 13.4. The van der Waals surface area contributed by atoms with Gasteiger partial charge in [-0.15, -0.1) is 0 Å². The van der Waals surface area contributed by atoms with Gasteiger partial charge >= 0.3 is 0 Å². The number of anilines is 1. The summed E-state index contributed by atoms with van der Waals surface area (Å²) >= 11 is 0. The van der Waals surface area contributed by atoms with Crippen molar-refractivity contribution in [2.45, 2.75) is 58.7 Å². The molecule has 0 N–H and O–H groups in total. The maximum Gasteiger partial charge on any atom is 0.228 e. The van der Waals surface area contributed by atoms with Crippen molar-refractivity contribution in [1.82, 2.24) is 24.6 Å². The Hall–Kier alpha value is -3.13. The normalized spacial score (nSPS) is 18.7. The van der Waals surface area contributed by atoms with E-state index in [4.69, 9.17) is 9.97 Å². The lowest BCUT2D eigenvalue weighted by Crippen LogP contribution is -2.37. The molecular formula is C25H29FN6O. The second kappa shape index (κ2) is 8.67. The van der Waals surface area contributed by atoms with Crippen molar-refractivity contribution in [3.63, 3.8) is 0 Å². The summed E-state index contributed by atoms with van der Waals surface area (Å²) in [6.07, 6.45) is 5.24. The minimum atomic E-state index is -0.283. The van der Waals surface area contributed by atoms with Gasteiger partial charge in [0.15, 0.2) is 0 Å². The van der Waals surface area contributed by atoms with Gasteiger partial charge in [-0.05, 0) is 57.4 Å². The van der Waals surface area contributed by atoms with Crippen molar-refractivity contribution in [3.05, 3.63) is 70.2 Å². The molecule has 5 rings (SSSR count). The zero-order valence-electron chi connectivity index (χ0n) is 19.4. The Bertz CT molecular complexity index is 1190. The van der Waals surface area contributed by atoms with Crippen LogP contribution in [0.1, 0.15) is 59.2 Å². The molecule has 33 heavy (non-hydrogen) atoms. The lowest BCUT2D eigenvalue weighted by Gasteiger charge is -2.31. The number of amides is 1. The van der Waals surface area contributed by atoms with Gasteiger partial charge in [-0.25, -0.2) is 14.4 Å². The number of hydrogen-bond donors (Lipinski definition) is 0. The number of carbonyl (C=O) groups excluding carboxylic acids is 1. The molecule has 1 amide bonds. The van der Waals surface area contributed by atoms with E-state index in [9.17, 15) is 9.18 Å². The fourth-order valence-electron chi connectivity index (χ4n) is 5.02. The third-order valence-corrected chi connectivity index (χ3v) is 6.76. The van der Waals surface area contributed by atoms with Gasteiger partial charge in [-0.3, -0.25) is 19.3 Å². The highest BCUT2D eigenvalue weighted by Gasteiger charge is 2.33. The molecular weight excluding hydrogens is 419 g/mol. The molecule has 0 aliphatic carbocycles. The van der Waals surface area contributed by atoms with Crippen LogP contribution in [0.3, 0.4) is 0 Å². The van der Waals surface area contributed by atoms with Crippen molar-refractivity contribution in [2.75, 3.05) is 11.4 Å². The minimum absolute atomic E-state index is 0.0464. The Morgan fingerprint density at radius 2 is 1.85 bits per heavy atom. The molecule has 8 heteroatoms. The third-order valence-electron chi connectivity index (χ3n) is 6.76. The molecule has 1 fully saturated rings. The molecule has 0 spiro atoms. The number of halogens is 1. The Balaban J connectivity index is 1.46. The molecule has 2 aliphatic heterocycles. The number of carbonyl (C=O) groups is 1. The Labute approximate surface area is 193 Å². The van der Waals surface area contributed by atoms with Crippen LogP contribution in [0.15, 0.2) is 30.5 Å². The smallest absolute Gasteiger partial charge is 0.228 e. The quantitative estimate of drug-likeness (QED) is 0.594. The van der Waals surface area contributed by atoms with Crippen LogP contribution < -0.4 is 4.90 Å². The molecule has 1 aromatic carbocycles. The van der Waals surface area contributed by atoms with Gasteiger partial charge in [0.1, 0.15) is 17.5 Å². The highest BCUT2D eigenvalue weighted by Crippen LogP contribution is 2.36. The van der Waals surface area contributed by atoms with Crippen LogP contribution in [0.4, 0.5) is 10.2 Å².